The van der Waals surface area contributed by atoms with Crippen LogP contribution in [0, 0.1) is 5.92 Å². The maximum Gasteiger partial charge on any atom is 0.417 e. The number of allylic oxidation sites excluding steroid dienone is 1. The summed E-state index contributed by atoms with van der Waals surface area (Å²) in [5.74, 6) is -1.02. The highest BCUT2D eigenvalue weighted by molar-refractivity contribution is 7.91. The van der Waals surface area contributed by atoms with Crippen molar-refractivity contribution >= 4 is 27.1 Å². The second-order valence-corrected chi connectivity index (χ2v) is 8.79. The van der Waals surface area contributed by atoms with Gasteiger partial charge >= 0.3 is 6.18 Å². The van der Waals surface area contributed by atoms with Crippen molar-refractivity contribution < 1.29 is 26.7 Å². The van der Waals surface area contributed by atoms with E-state index in [1.54, 1.807) is 11.4 Å². The third kappa shape index (κ3) is 4.90. The number of alkyl halides is 3. The van der Waals surface area contributed by atoms with Crippen molar-refractivity contribution in [2.45, 2.75) is 35.8 Å². The van der Waals surface area contributed by atoms with E-state index in [9.17, 15) is 26.7 Å². The first-order valence-corrected chi connectivity index (χ1v) is 9.94. The maximum absolute atomic E-state index is 12.8. The Hall–Kier alpha value is -1.23. The summed E-state index contributed by atoms with van der Waals surface area (Å²) in [6.45, 7) is 1.05. The number of halogens is 3. The minimum Gasteiger partial charge on any atom is -0.380 e. The van der Waals surface area contributed by atoms with Gasteiger partial charge in [0.05, 0.1) is 6.54 Å². The molecule has 1 aliphatic rings. The van der Waals surface area contributed by atoms with Gasteiger partial charge in [-0.2, -0.15) is 13.2 Å². The molecule has 0 spiro atoms. The number of aliphatic imine (C=N–C) groups is 1. The molecule has 0 bridgehead atoms. The fourth-order valence-corrected chi connectivity index (χ4v) is 4.45. The molecule has 0 saturated heterocycles. The van der Waals surface area contributed by atoms with Crippen LogP contribution >= 0.6 is 11.3 Å². The predicted molar refractivity (Wildman–Crippen MR) is 90.4 cm³/mol. The zero-order chi connectivity index (χ0) is 18.7. The lowest BCUT2D eigenvalue weighted by atomic mass is 9.81. The molecule has 10 heteroatoms. The first kappa shape index (κ1) is 20.1. The first-order chi connectivity index (χ1) is 11.5. The smallest absolute Gasteiger partial charge is 0.380 e. The number of aliphatic hydroxyl groups is 1. The Balaban J connectivity index is 1.87. The molecule has 140 valence electrons. The minimum atomic E-state index is -4.70. The molecule has 5 nitrogen and oxygen atoms in total. The normalized spacial score (nSPS) is 22.9. The second-order valence-electron chi connectivity index (χ2n) is 5.85. The second kappa shape index (κ2) is 7.56. The average molecular weight is 396 g/mol. The lowest BCUT2D eigenvalue weighted by Gasteiger charge is -2.34. The van der Waals surface area contributed by atoms with Crippen LogP contribution in [-0.4, -0.2) is 44.1 Å². The molecule has 2 atom stereocenters. The highest BCUT2D eigenvalue weighted by Gasteiger charge is 2.54. The van der Waals surface area contributed by atoms with Gasteiger partial charge in [-0.1, -0.05) is 12.1 Å². The van der Waals surface area contributed by atoms with E-state index in [1.807, 2.05) is 0 Å². The number of sulfonamides is 1. The molecule has 1 aliphatic carbocycles. The molecule has 2 rings (SSSR count). The standard InChI is InChI=1S/C15H19F3N2O3S2/c1-14(21,15(16,17)18)11-4-6-12(7-5-11)19-8-9-20-25(22,23)13-3-2-10-24-13/h2-4,6,10-11,20-21H,5,7-9H2,1H3. The average Bonchev–Trinajstić information content (AvgIpc) is 3.06. The van der Waals surface area contributed by atoms with E-state index in [2.05, 4.69) is 9.71 Å². The summed E-state index contributed by atoms with van der Waals surface area (Å²) in [6.07, 6.45) is -1.50. The number of nitrogens with zero attached hydrogens (tertiary/aromatic N) is 1. The molecule has 1 heterocycles. The van der Waals surface area contributed by atoms with Gasteiger partial charge in [-0.15, -0.1) is 11.3 Å². The first-order valence-electron chi connectivity index (χ1n) is 7.58. The van der Waals surface area contributed by atoms with E-state index in [1.165, 1.54) is 18.2 Å². The van der Waals surface area contributed by atoms with Crippen LogP contribution in [0.4, 0.5) is 13.2 Å². The van der Waals surface area contributed by atoms with Gasteiger partial charge in [-0.25, -0.2) is 13.1 Å². The molecule has 2 unspecified atom stereocenters. The van der Waals surface area contributed by atoms with Crippen molar-refractivity contribution in [3.05, 3.63) is 29.7 Å². The molecule has 1 aromatic rings. The molecule has 0 saturated carbocycles. The van der Waals surface area contributed by atoms with E-state index in [-0.39, 0.29) is 23.7 Å². The maximum atomic E-state index is 12.8. The topological polar surface area (TPSA) is 78.8 Å². The van der Waals surface area contributed by atoms with Crippen LogP contribution in [0.1, 0.15) is 19.8 Å². The van der Waals surface area contributed by atoms with Crippen LogP contribution in [0.3, 0.4) is 0 Å². The number of hydrogen-bond donors (Lipinski definition) is 2. The number of hydrogen-bond acceptors (Lipinski definition) is 5. The van der Waals surface area contributed by atoms with Gasteiger partial charge in [-0.3, -0.25) is 4.99 Å². The highest BCUT2D eigenvalue weighted by atomic mass is 32.2. The molecule has 0 radical (unpaired) electrons. The van der Waals surface area contributed by atoms with Crippen LogP contribution in [-0.2, 0) is 10.0 Å². The van der Waals surface area contributed by atoms with Gasteiger partial charge in [-0.05, 0) is 37.3 Å². The summed E-state index contributed by atoms with van der Waals surface area (Å²) in [5, 5.41) is 11.3. The third-order valence-electron chi connectivity index (χ3n) is 4.01. The summed E-state index contributed by atoms with van der Waals surface area (Å²) in [7, 11) is -3.54. The van der Waals surface area contributed by atoms with Gasteiger partial charge in [0.25, 0.3) is 0 Å². The van der Waals surface area contributed by atoms with Crippen LogP contribution in [0.15, 0.2) is 38.9 Å². The molecular formula is C15H19F3N2O3S2. The monoisotopic (exact) mass is 396 g/mol. The quantitative estimate of drug-likeness (QED) is 0.726. The van der Waals surface area contributed by atoms with Gasteiger partial charge in [0, 0.05) is 18.2 Å². The van der Waals surface area contributed by atoms with E-state index in [0.717, 1.165) is 18.3 Å². The van der Waals surface area contributed by atoms with Crippen LogP contribution in [0.2, 0.25) is 0 Å². The summed E-state index contributed by atoms with van der Waals surface area (Å²) in [5.41, 5.74) is -2.18. The summed E-state index contributed by atoms with van der Waals surface area (Å²) in [4.78, 5) is 4.19. The zero-order valence-corrected chi connectivity index (χ0v) is 15.1. The van der Waals surface area contributed by atoms with Gasteiger partial charge in [0.1, 0.15) is 4.21 Å². The Kier molecular flexibility index (Phi) is 6.08. The van der Waals surface area contributed by atoms with Crippen molar-refractivity contribution in [1.82, 2.24) is 4.72 Å². The Morgan fingerprint density at radius 3 is 2.68 bits per heavy atom. The molecule has 0 amide bonds. The lowest BCUT2D eigenvalue weighted by molar-refractivity contribution is -0.267. The molecule has 1 aromatic heterocycles. The number of nitrogens with one attached hydrogen (secondary N) is 1. The van der Waals surface area contributed by atoms with Gasteiger partial charge in [0.2, 0.25) is 10.0 Å². The summed E-state index contributed by atoms with van der Waals surface area (Å²) < 4.78 is 64.9. The number of thiophene rings is 1. The summed E-state index contributed by atoms with van der Waals surface area (Å²) in [6, 6.07) is 3.13. The van der Waals surface area contributed by atoms with Crippen LogP contribution in [0.5, 0.6) is 0 Å². The van der Waals surface area contributed by atoms with Crippen LogP contribution in [0.25, 0.3) is 0 Å². The number of rotatable bonds is 6. The van der Waals surface area contributed by atoms with E-state index in [0.29, 0.717) is 12.1 Å². The van der Waals surface area contributed by atoms with Crippen molar-refractivity contribution in [1.29, 1.82) is 0 Å². The zero-order valence-electron chi connectivity index (χ0n) is 13.5. The van der Waals surface area contributed by atoms with Crippen molar-refractivity contribution in [2.75, 3.05) is 13.1 Å². The Labute approximate surface area is 148 Å². The van der Waals surface area contributed by atoms with E-state index >= 15 is 0 Å². The van der Waals surface area contributed by atoms with Gasteiger partial charge in [0.15, 0.2) is 5.60 Å². The summed E-state index contributed by atoms with van der Waals surface area (Å²) >= 11 is 1.11. The fourth-order valence-electron chi connectivity index (χ4n) is 2.39. The van der Waals surface area contributed by atoms with Crippen molar-refractivity contribution in [3.8, 4) is 0 Å². The minimum absolute atomic E-state index is 0.0985. The van der Waals surface area contributed by atoms with Gasteiger partial charge < -0.3 is 5.11 Å². The predicted octanol–water partition coefficient (Wildman–Crippen LogP) is 2.75. The Bertz CT molecular complexity index is 739. The molecule has 0 aromatic carbocycles. The Morgan fingerprint density at radius 1 is 1.44 bits per heavy atom. The lowest BCUT2D eigenvalue weighted by Crippen LogP contribution is -2.48. The van der Waals surface area contributed by atoms with E-state index in [4.69, 9.17) is 0 Å². The van der Waals surface area contributed by atoms with E-state index < -0.39 is 27.7 Å². The SMILES string of the molecule is CC(O)(C1C=CC(=NCCNS(=O)(=O)c2cccs2)CC1)C(F)(F)F. The molecular weight excluding hydrogens is 377 g/mol. The fraction of sp³-hybridized carbons (Fsp3) is 0.533. The largest absolute Gasteiger partial charge is 0.417 e. The molecule has 0 aliphatic heterocycles. The molecule has 2 N–H and O–H groups in total. The van der Waals surface area contributed by atoms with Crippen LogP contribution < -0.4 is 4.72 Å². The van der Waals surface area contributed by atoms with Crippen molar-refractivity contribution in [2.24, 2.45) is 10.9 Å². The molecule has 25 heavy (non-hydrogen) atoms. The Morgan fingerprint density at radius 2 is 2.16 bits per heavy atom. The molecule has 0 fully saturated rings. The highest BCUT2D eigenvalue weighted by Crippen LogP contribution is 2.39. The van der Waals surface area contributed by atoms with Crippen molar-refractivity contribution in [3.63, 3.8) is 0 Å². The third-order valence-corrected chi connectivity index (χ3v) is 6.87.